The van der Waals surface area contributed by atoms with Gasteiger partial charge in [-0.15, -0.1) is 0 Å². The minimum absolute atomic E-state index is 0.762. The lowest BCUT2D eigenvalue weighted by Crippen LogP contribution is -2.08. The predicted octanol–water partition coefficient (Wildman–Crippen LogP) is 2.49. The number of rotatable bonds is 3. The van der Waals surface area contributed by atoms with Crippen LogP contribution in [0.25, 0.3) is 0 Å². The molecule has 0 atom stereocenters. The number of benzene rings is 1. The van der Waals surface area contributed by atoms with Crippen molar-refractivity contribution in [1.29, 1.82) is 0 Å². The Morgan fingerprint density at radius 2 is 2.24 bits per heavy atom. The zero-order chi connectivity index (χ0) is 11.9. The van der Waals surface area contributed by atoms with Crippen LogP contribution in [0.4, 0.5) is 0 Å². The Bertz CT molecular complexity index is 428. The number of hydrogen-bond donors (Lipinski definition) is 1. The second-order valence-electron chi connectivity index (χ2n) is 4.32. The van der Waals surface area contributed by atoms with Crippen LogP contribution < -0.4 is 10.5 Å². The van der Waals surface area contributed by atoms with E-state index in [9.17, 15) is 0 Å². The largest absolute Gasteiger partial charge is 0.493 e. The van der Waals surface area contributed by atoms with E-state index in [1.807, 2.05) is 12.1 Å². The van der Waals surface area contributed by atoms with Crippen molar-refractivity contribution in [3.05, 3.63) is 29.3 Å². The van der Waals surface area contributed by atoms with Crippen LogP contribution in [0.2, 0.25) is 0 Å². The number of aryl methyl sites for hydroxylation is 1. The van der Waals surface area contributed by atoms with Crippen molar-refractivity contribution in [2.24, 2.45) is 5.73 Å². The molecule has 1 aliphatic rings. The third-order valence-corrected chi connectivity index (χ3v) is 2.90. The number of hydrogen-bond acceptors (Lipinski definition) is 2. The Morgan fingerprint density at radius 3 is 3.12 bits per heavy atom. The molecule has 2 rings (SSSR count). The normalized spacial score (nSPS) is 13.2. The van der Waals surface area contributed by atoms with Crippen molar-refractivity contribution in [3.8, 4) is 17.6 Å². The summed E-state index contributed by atoms with van der Waals surface area (Å²) in [4.78, 5) is 0. The summed E-state index contributed by atoms with van der Waals surface area (Å²) >= 11 is 0. The number of nitrogens with two attached hydrogens (primary N) is 1. The molecule has 0 spiro atoms. The Morgan fingerprint density at radius 1 is 1.29 bits per heavy atom. The lowest BCUT2D eigenvalue weighted by atomic mass is 10.0. The molecule has 2 N–H and O–H groups in total. The molecule has 0 fully saturated rings. The van der Waals surface area contributed by atoms with Crippen molar-refractivity contribution in [2.75, 3.05) is 13.2 Å². The van der Waals surface area contributed by atoms with Gasteiger partial charge in [0.15, 0.2) is 0 Å². The van der Waals surface area contributed by atoms with Gasteiger partial charge in [-0.2, -0.15) is 0 Å². The van der Waals surface area contributed by atoms with Gasteiger partial charge < -0.3 is 10.5 Å². The SMILES string of the molecule is NCCCCC#Cc1ccc2c(c1)CCCO2. The van der Waals surface area contributed by atoms with E-state index >= 15 is 0 Å². The lowest BCUT2D eigenvalue weighted by Gasteiger charge is -2.16. The van der Waals surface area contributed by atoms with E-state index in [0.717, 1.165) is 56.6 Å². The fourth-order valence-corrected chi connectivity index (χ4v) is 1.96. The van der Waals surface area contributed by atoms with Crippen LogP contribution >= 0.6 is 0 Å². The first-order chi connectivity index (χ1) is 8.40. The molecule has 0 saturated heterocycles. The van der Waals surface area contributed by atoms with E-state index in [0.29, 0.717) is 0 Å². The van der Waals surface area contributed by atoms with Gasteiger partial charge in [0.05, 0.1) is 6.61 Å². The molecule has 0 unspecified atom stereocenters. The summed E-state index contributed by atoms with van der Waals surface area (Å²) in [5.74, 6) is 7.44. The molecule has 1 heterocycles. The van der Waals surface area contributed by atoms with Gasteiger partial charge >= 0.3 is 0 Å². The first kappa shape index (κ1) is 12.0. The van der Waals surface area contributed by atoms with E-state index < -0.39 is 0 Å². The Labute approximate surface area is 103 Å². The van der Waals surface area contributed by atoms with Crippen molar-refractivity contribution in [3.63, 3.8) is 0 Å². The predicted molar refractivity (Wildman–Crippen MR) is 70.0 cm³/mol. The van der Waals surface area contributed by atoms with Crippen molar-refractivity contribution >= 4 is 0 Å². The summed E-state index contributed by atoms with van der Waals surface area (Å²) in [5.41, 5.74) is 7.83. The first-order valence-electron chi connectivity index (χ1n) is 6.35. The lowest BCUT2D eigenvalue weighted by molar-refractivity contribution is 0.288. The average Bonchev–Trinajstić information content (AvgIpc) is 2.38. The van der Waals surface area contributed by atoms with Gasteiger partial charge in [0.1, 0.15) is 5.75 Å². The highest BCUT2D eigenvalue weighted by atomic mass is 16.5. The van der Waals surface area contributed by atoms with Crippen LogP contribution in [0.15, 0.2) is 18.2 Å². The zero-order valence-electron chi connectivity index (χ0n) is 10.2. The van der Waals surface area contributed by atoms with Gasteiger partial charge in [-0.05, 0) is 56.0 Å². The maximum absolute atomic E-state index is 5.57. The highest BCUT2D eigenvalue weighted by Crippen LogP contribution is 2.25. The second-order valence-corrected chi connectivity index (χ2v) is 4.32. The summed E-state index contributed by atoms with van der Waals surface area (Å²) in [6.45, 7) is 1.61. The summed E-state index contributed by atoms with van der Waals surface area (Å²) in [5, 5.41) is 0. The second kappa shape index (κ2) is 6.32. The van der Waals surface area contributed by atoms with Crippen LogP contribution in [0, 0.1) is 11.8 Å². The Kier molecular flexibility index (Phi) is 4.46. The molecule has 2 nitrogen and oxygen atoms in total. The molecule has 1 aromatic carbocycles. The van der Waals surface area contributed by atoms with Crippen molar-refractivity contribution in [1.82, 2.24) is 0 Å². The molecule has 2 heteroatoms. The van der Waals surface area contributed by atoms with Gasteiger partial charge in [0, 0.05) is 12.0 Å². The van der Waals surface area contributed by atoms with E-state index in [2.05, 4.69) is 17.9 Å². The smallest absolute Gasteiger partial charge is 0.122 e. The van der Waals surface area contributed by atoms with Crippen molar-refractivity contribution in [2.45, 2.75) is 32.1 Å². The van der Waals surface area contributed by atoms with Crippen molar-refractivity contribution < 1.29 is 4.74 Å². The molecule has 17 heavy (non-hydrogen) atoms. The molecule has 90 valence electrons. The number of fused-ring (bicyclic) bond motifs is 1. The summed E-state index contributed by atoms with van der Waals surface area (Å²) in [7, 11) is 0. The third kappa shape index (κ3) is 3.51. The molecule has 0 bridgehead atoms. The molecule has 0 saturated carbocycles. The van der Waals surface area contributed by atoms with Gasteiger partial charge in [-0.1, -0.05) is 11.8 Å². The summed E-state index contributed by atoms with van der Waals surface area (Å²) in [6.07, 6.45) is 5.31. The van der Waals surface area contributed by atoms with Gasteiger partial charge in [-0.3, -0.25) is 0 Å². The van der Waals surface area contributed by atoms with Crippen LogP contribution in [0.3, 0.4) is 0 Å². The third-order valence-electron chi connectivity index (χ3n) is 2.90. The molecule has 1 aromatic rings. The van der Waals surface area contributed by atoms with E-state index in [1.54, 1.807) is 0 Å². The van der Waals surface area contributed by atoms with E-state index in [1.165, 1.54) is 5.56 Å². The zero-order valence-corrected chi connectivity index (χ0v) is 10.2. The standard InChI is InChI=1S/C15H19NO/c16-10-4-2-1-3-6-13-8-9-15-14(12-13)7-5-11-17-15/h8-9,12H,1-2,4-5,7,10-11,16H2. The molecule has 0 radical (unpaired) electrons. The Hall–Kier alpha value is -1.46. The van der Waals surface area contributed by atoms with E-state index in [4.69, 9.17) is 10.5 Å². The number of unbranched alkanes of at least 4 members (excludes halogenated alkanes) is 2. The fourth-order valence-electron chi connectivity index (χ4n) is 1.96. The molecule has 0 aliphatic carbocycles. The van der Waals surface area contributed by atoms with Crippen LogP contribution in [-0.4, -0.2) is 13.2 Å². The minimum atomic E-state index is 0.762. The molecular formula is C15H19NO. The number of ether oxygens (including phenoxy) is 1. The van der Waals surface area contributed by atoms with Gasteiger partial charge in [-0.25, -0.2) is 0 Å². The maximum atomic E-state index is 5.57. The van der Waals surface area contributed by atoms with Crippen LogP contribution in [0.5, 0.6) is 5.75 Å². The average molecular weight is 229 g/mol. The van der Waals surface area contributed by atoms with Crippen LogP contribution in [0.1, 0.15) is 36.8 Å². The molecule has 0 amide bonds. The van der Waals surface area contributed by atoms with Gasteiger partial charge in [0.2, 0.25) is 0 Å². The maximum Gasteiger partial charge on any atom is 0.122 e. The van der Waals surface area contributed by atoms with Gasteiger partial charge in [0.25, 0.3) is 0 Å². The van der Waals surface area contributed by atoms with E-state index in [-0.39, 0.29) is 0 Å². The molecule has 0 aromatic heterocycles. The topological polar surface area (TPSA) is 35.2 Å². The Balaban J connectivity index is 1.97. The highest BCUT2D eigenvalue weighted by Gasteiger charge is 2.09. The quantitative estimate of drug-likeness (QED) is 0.638. The minimum Gasteiger partial charge on any atom is -0.493 e. The molecule has 1 aliphatic heterocycles. The summed E-state index contributed by atoms with van der Waals surface area (Å²) < 4.78 is 5.57. The molecular weight excluding hydrogens is 210 g/mol. The first-order valence-corrected chi connectivity index (χ1v) is 6.35. The monoisotopic (exact) mass is 229 g/mol. The van der Waals surface area contributed by atoms with Crippen LogP contribution in [-0.2, 0) is 6.42 Å². The highest BCUT2D eigenvalue weighted by molar-refractivity contribution is 5.44. The fraction of sp³-hybridized carbons (Fsp3) is 0.467. The summed E-state index contributed by atoms with van der Waals surface area (Å²) in [6, 6.07) is 6.24.